The van der Waals surface area contributed by atoms with Crippen molar-refractivity contribution in [3.05, 3.63) is 48.3 Å². The van der Waals surface area contributed by atoms with Gasteiger partial charge in [0.15, 0.2) is 5.82 Å². The van der Waals surface area contributed by atoms with E-state index < -0.39 is 15.9 Å². The van der Waals surface area contributed by atoms with Crippen LogP contribution in [-0.4, -0.2) is 65.9 Å². The number of sulfonamides is 1. The van der Waals surface area contributed by atoms with Gasteiger partial charge in [-0.05, 0) is 75.1 Å². The largest absolute Gasteiger partial charge is 0.476 e. The molecule has 0 aliphatic carbocycles. The van der Waals surface area contributed by atoms with Gasteiger partial charge in [0.2, 0.25) is 5.88 Å². The van der Waals surface area contributed by atoms with Crippen LogP contribution in [0.4, 0.5) is 11.6 Å². The van der Waals surface area contributed by atoms with Gasteiger partial charge < -0.3 is 14.5 Å². The molecule has 0 radical (unpaired) electrons. The molecule has 12 heteroatoms. The van der Waals surface area contributed by atoms with E-state index in [-0.39, 0.29) is 21.4 Å². The Morgan fingerprint density at radius 1 is 1.07 bits per heavy atom. The lowest BCUT2D eigenvalue weighted by Gasteiger charge is -2.36. The van der Waals surface area contributed by atoms with E-state index in [1.54, 1.807) is 41.3 Å². The van der Waals surface area contributed by atoms with Gasteiger partial charge >= 0.3 is 0 Å². The molecule has 43 heavy (non-hydrogen) atoms. The lowest BCUT2D eigenvalue weighted by Crippen LogP contribution is -2.44. The minimum Gasteiger partial charge on any atom is -0.476 e. The third-order valence-electron chi connectivity index (χ3n) is 8.42. The van der Waals surface area contributed by atoms with E-state index in [1.807, 2.05) is 4.90 Å². The molecule has 1 N–H and O–H groups in total. The van der Waals surface area contributed by atoms with E-state index in [2.05, 4.69) is 61.2 Å². The lowest BCUT2D eigenvalue weighted by molar-refractivity contribution is 0.0981. The summed E-state index contributed by atoms with van der Waals surface area (Å²) in [7, 11) is -4.23. The van der Waals surface area contributed by atoms with E-state index in [1.165, 1.54) is 6.07 Å². The smallest absolute Gasteiger partial charge is 0.268 e. The molecule has 2 aliphatic heterocycles. The van der Waals surface area contributed by atoms with Crippen molar-refractivity contribution in [2.45, 2.75) is 77.7 Å². The van der Waals surface area contributed by atoms with Crippen LogP contribution in [0.25, 0.3) is 5.82 Å². The highest BCUT2D eigenvalue weighted by atomic mass is 32.2. The van der Waals surface area contributed by atoms with Crippen molar-refractivity contribution in [1.29, 1.82) is 0 Å². The van der Waals surface area contributed by atoms with Gasteiger partial charge in [-0.2, -0.15) is 0 Å². The van der Waals surface area contributed by atoms with Crippen molar-refractivity contribution in [3.8, 4) is 11.7 Å². The highest BCUT2D eigenvalue weighted by Gasteiger charge is 2.41. The van der Waals surface area contributed by atoms with Crippen LogP contribution >= 0.6 is 0 Å². The Balaban J connectivity index is 1.48. The van der Waals surface area contributed by atoms with Gasteiger partial charge in [0.25, 0.3) is 15.9 Å². The molecule has 0 saturated carbocycles. The summed E-state index contributed by atoms with van der Waals surface area (Å²) in [6.45, 7) is 15.3. The maximum atomic E-state index is 13.8. The van der Waals surface area contributed by atoms with Gasteiger partial charge in [-0.25, -0.2) is 27.8 Å². The number of ether oxygens (including phenoxy) is 1. The number of nitrogens with one attached hydrogen (secondary N) is 1. The number of rotatable bonds is 8. The van der Waals surface area contributed by atoms with Crippen LogP contribution in [0.3, 0.4) is 0 Å². The molecule has 2 saturated heterocycles. The predicted octanol–water partition coefficient (Wildman–Crippen LogP) is 4.82. The first-order valence-electron chi connectivity index (χ1n) is 15.0. The fourth-order valence-corrected chi connectivity index (χ4v) is 6.67. The van der Waals surface area contributed by atoms with Gasteiger partial charge in [0, 0.05) is 43.6 Å². The zero-order valence-corrected chi connectivity index (χ0v) is 26.8. The van der Waals surface area contributed by atoms with Crippen LogP contribution in [0, 0.1) is 11.3 Å². The van der Waals surface area contributed by atoms with Crippen molar-refractivity contribution in [2.24, 2.45) is 11.3 Å². The third kappa shape index (κ3) is 6.63. The van der Waals surface area contributed by atoms with Crippen LogP contribution in [0.2, 0.25) is 0 Å². The third-order valence-corrected chi connectivity index (χ3v) is 9.78. The Bertz CT molecular complexity index is 1570. The zero-order chi connectivity index (χ0) is 31.0. The second kappa shape index (κ2) is 11.8. The van der Waals surface area contributed by atoms with Crippen molar-refractivity contribution in [1.82, 2.24) is 24.5 Å². The molecule has 1 amide bonds. The molecule has 1 atom stereocenters. The maximum Gasteiger partial charge on any atom is 0.268 e. The van der Waals surface area contributed by atoms with E-state index in [4.69, 9.17) is 9.72 Å². The Morgan fingerprint density at radius 2 is 1.81 bits per heavy atom. The Labute approximate surface area is 254 Å². The number of piperidine rings is 1. The second-order valence-electron chi connectivity index (χ2n) is 13.3. The van der Waals surface area contributed by atoms with Gasteiger partial charge in [-0.1, -0.05) is 27.7 Å². The fourth-order valence-electron chi connectivity index (χ4n) is 5.53. The molecule has 2 aliphatic rings. The van der Waals surface area contributed by atoms with E-state index in [9.17, 15) is 13.2 Å². The summed E-state index contributed by atoms with van der Waals surface area (Å²) < 4.78 is 37.1. The SMILES string of the molecule is CC1CCN(c2nc(-n3ccc(OCC(C)(C)C)n3)ccc2C(=O)NS(=O)(=O)c2cccnc2N2CCCCC2)C1(C)C. The molecule has 3 aromatic rings. The number of carbonyl (C=O) groups is 1. The monoisotopic (exact) mass is 609 g/mol. The number of amides is 1. The van der Waals surface area contributed by atoms with Crippen molar-refractivity contribution in [2.75, 3.05) is 36.0 Å². The van der Waals surface area contributed by atoms with Crippen molar-refractivity contribution < 1.29 is 17.9 Å². The normalized spacial score (nSPS) is 19.0. The average molecular weight is 610 g/mol. The average Bonchev–Trinajstić information content (AvgIpc) is 3.55. The predicted molar refractivity (Wildman–Crippen MR) is 166 cm³/mol. The van der Waals surface area contributed by atoms with E-state index in [0.717, 1.165) is 38.8 Å². The first-order valence-corrected chi connectivity index (χ1v) is 16.5. The highest BCUT2D eigenvalue weighted by Crippen LogP contribution is 2.39. The molecule has 0 aromatic carbocycles. The first kappa shape index (κ1) is 30.8. The summed E-state index contributed by atoms with van der Waals surface area (Å²) in [5.74, 6) is 1.34. The number of carbonyl (C=O) groups excluding carboxylic acids is 1. The van der Waals surface area contributed by atoms with Gasteiger partial charge in [0.05, 0.1) is 12.2 Å². The molecule has 5 heterocycles. The zero-order valence-electron chi connectivity index (χ0n) is 26.0. The summed E-state index contributed by atoms with van der Waals surface area (Å²) in [5, 5.41) is 4.54. The molecule has 2 fully saturated rings. The highest BCUT2D eigenvalue weighted by molar-refractivity contribution is 7.90. The van der Waals surface area contributed by atoms with Crippen LogP contribution < -0.4 is 19.3 Å². The number of aromatic nitrogens is 4. The number of nitrogens with zero attached hydrogens (tertiary/aromatic N) is 6. The standard InChI is InChI=1S/C31H43N7O4S/c1-22-14-19-37(31(22,5)6)27-23(12-13-25(33-27)38-20-15-26(34-38)42-21-30(2,3)4)29(39)35-43(40,41)24-11-10-16-32-28(24)36-17-8-7-9-18-36/h10-13,15-16,20,22H,7-9,14,17-19,21H2,1-6H3,(H,35,39). The molecule has 0 spiro atoms. The number of hydrogen-bond acceptors (Lipinski definition) is 9. The lowest BCUT2D eigenvalue weighted by atomic mass is 9.90. The molecular formula is C31H43N7O4S. The summed E-state index contributed by atoms with van der Waals surface area (Å²) >= 11 is 0. The second-order valence-corrected chi connectivity index (χ2v) is 14.9. The Kier molecular flexibility index (Phi) is 8.43. The molecule has 0 bridgehead atoms. The van der Waals surface area contributed by atoms with Gasteiger partial charge in [-0.15, -0.1) is 5.10 Å². The minimum atomic E-state index is -4.23. The number of anilines is 2. The number of pyridine rings is 2. The summed E-state index contributed by atoms with van der Waals surface area (Å²) in [5.41, 5.74) is -0.156. The van der Waals surface area contributed by atoms with Crippen LogP contribution in [-0.2, 0) is 10.0 Å². The molecule has 1 unspecified atom stereocenters. The van der Waals surface area contributed by atoms with Gasteiger partial charge in [-0.3, -0.25) is 4.79 Å². The first-order chi connectivity index (χ1) is 20.3. The Morgan fingerprint density at radius 3 is 2.49 bits per heavy atom. The number of hydrogen-bond donors (Lipinski definition) is 1. The summed E-state index contributed by atoms with van der Waals surface area (Å²) in [6.07, 6.45) is 7.29. The minimum absolute atomic E-state index is 0.00849. The van der Waals surface area contributed by atoms with Crippen LogP contribution in [0.15, 0.2) is 47.6 Å². The van der Waals surface area contributed by atoms with Crippen LogP contribution in [0.1, 0.15) is 77.6 Å². The fraction of sp³-hybridized carbons (Fsp3) is 0.548. The molecule has 5 rings (SSSR count). The molecular weight excluding hydrogens is 566 g/mol. The maximum absolute atomic E-state index is 13.8. The van der Waals surface area contributed by atoms with Crippen molar-refractivity contribution >= 4 is 27.6 Å². The van der Waals surface area contributed by atoms with Crippen molar-refractivity contribution in [3.63, 3.8) is 0 Å². The van der Waals surface area contributed by atoms with Gasteiger partial charge in [0.1, 0.15) is 16.5 Å². The topological polar surface area (TPSA) is 123 Å². The summed E-state index contributed by atoms with van der Waals surface area (Å²) in [4.78, 5) is 27.1. The summed E-state index contributed by atoms with van der Waals surface area (Å²) in [6, 6.07) is 8.13. The quantitative estimate of drug-likeness (QED) is 0.383. The molecule has 3 aromatic heterocycles. The van der Waals surface area contributed by atoms with E-state index in [0.29, 0.717) is 42.4 Å². The van der Waals surface area contributed by atoms with E-state index >= 15 is 0 Å². The molecule has 232 valence electrons. The molecule has 11 nitrogen and oxygen atoms in total. The Hall–Kier alpha value is -3.67. The van der Waals surface area contributed by atoms with Crippen LogP contribution in [0.5, 0.6) is 5.88 Å².